The Morgan fingerprint density at radius 2 is 1.29 bits per heavy atom. The zero-order valence-electron chi connectivity index (χ0n) is 18.1. The zero-order valence-corrected chi connectivity index (χ0v) is 18.1. The number of nitrogens with one attached hydrogen (secondary N) is 2. The molecule has 31 heavy (non-hydrogen) atoms. The minimum atomic E-state index is -0.732. The minimum Gasteiger partial charge on any atom is -0.369 e. The van der Waals surface area contributed by atoms with Crippen LogP contribution in [-0.2, 0) is 37.0 Å². The maximum atomic E-state index is 12.0. The Labute approximate surface area is 183 Å². The molecule has 1 heterocycles. The number of ether oxygens (including phenoxy) is 3. The molecule has 0 bridgehead atoms. The topological polar surface area (TPSA) is 85.9 Å². The Morgan fingerprint density at radius 3 is 1.81 bits per heavy atom. The van der Waals surface area contributed by atoms with Gasteiger partial charge in [-0.1, -0.05) is 60.7 Å². The van der Waals surface area contributed by atoms with Crippen molar-refractivity contribution in [2.24, 2.45) is 0 Å². The fourth-order valence-corrected chi connectivity index (χ4v) is 3.71. The van der Waals surface area contributed by atoms with Crippen LogP contribution in [0.4, 0.5) is 0 Å². The second-order valence-corrected chi connectivity index (χ2v) is 7.72. The number of hydrogen-bond acceptors (Lipinski definition) is 5. The molecule has 0 saturated carbocycles. The van der Waals surface area contributed by atoms with Crippen LogP contribution in [0.25, 0.3) is 0 Å². The first kappa shape index (κ1) is 22.9. The van der Waals surface area contributed by atoms with Gasteiger partial charge in [-0.3, -0.25) is 9.59 Å². The van der Waals surface area contributed by atoms with Crippen LogP contribution in [0.1, 0.15) is 31.9 Å². The van der Waals surface area contributed by atoms with Crippen LogP contribution in [0.3, 0.4) is 0 Å². The normalized spacial score (nSPS) is 25.6. The van der Waals surface area contributed by atoms with E-state index in [4.69, 9.17) is 14.2 Å². The van der Waals surface area contributed by atoms with E-state index in [2.05, 4.69) is 10.6 Å². The number of hydrogen-bond donors (Lipinski definition) is 2. The predicted octanol–water partition coefficient (Wildman–Crippen LogP) is 2.54. The molecule has 166 valence electrons. The highest BCUT2D eigenvalue weighted by Crippen LogP contribution is 2.26. The van der Waals surface area contributed by atoms with Crippen molar-refractivity contribution >= 4 is 11.8 Å². The van der Waals surface area contributed by atoms with E-state index < -0.39 is 24.5 Å². The van der Waals surface area contributed by atoms with E-state index in [1.165, 1.54) is 13.8 Å². The van der Waals surface area contributed by atoms with Crippen molar-refractivity contribution in [3.05, 3.63) is 71.8 Å². The van der Waals surface area contributed by atoms with Gasteiger partial charge in [-0.05, 0) is 18.1 Å². The van der Waals surface area contributed by atoms with Gasteiger partial charge in [-0.25, -0.2) is 0 Å². The Hall–Kier alpha value is -2.74. The Balaban J connectivity index is 1.81. The molecule has 5 atom stereocenters. The van der Waals surface area contributed by atoms with Gasteiger partial charge in [0.15, 0.2) is 6.29 Å². The molecule has 0 radical (unpaired) electrons. The molecular weight excluding hydrogens is 396 g/mol. The van der Waals surface area contributed by atoms with Gasteiger partial charge in [0.2, 0.25) is 11.8 Å². The maximum absolute atomic E-state index is 12.0. The lowest BCUT2D eigenvalue weighted by atomic mass is 9.94. The molecule has 7 nitrogen and oxygen atoms in total. The summed E-state index contributed by atoms with van der Waals surface area (Å²) in [6.07, 6.45) is -1.65. The lowest BCUT2D eigenvalue weighted by Crippen LogP contribution is -2.68. The first-order valence-electron chi connectivity index (χ1n) is 10.4. The van der Waals surface area contributed by atoms with E-state index >= 15 is 0 Å². The molecule has 0 aromatic heterocycles. The second kappa shape index (κ2) is 11.0. The van der Waals surface area contributed by atoms with Crippen molar-refractivity contribution in [3.8, 4) is 0 Å². The first-order valence-corrected chi connectivity index (χ1v) is 10.4. The van der Waals surface area contributed by atoms with Gasteiger partial charge in [-0.2, -0.15) is 0 Å². The number of carbonyl (C=O) groups is 2. The van der Waals surface area contributed by atoms with Crippen LogP contribution in [-0.4, -0.2) is 42.4 Å². The van der Waals surface area contributed by atoms with E-state index in [0.717, 1.165) is 11.1 Å². The van der Waals surface area contributed by atoms with Crippen molar-refractivity contribution < 1.29 is 23.8 Å². The van der Waals surface area contributed by atoms with Gasteiger partial charge < -0.3 is 24.8 Å². The zero-order chi connectivity index (χ0) is 22.2. The average molecular weight is 427 g/mol. The highest BCUT2D eigenvalue weighted by Gasteiger charge is 2.46. The quantitative estimate of drug-likeness (QED) is 0.678. The van der Waals surface area contributed by atoms with Gasteiger partial charge in [0.25, 0.3) is 0 Å². The molecule has 1 saturated heterocycles. The molecule has 5 unspecified atom stereocenters. The van der Waals surface area contributed by atoms with Crippen molar-refractivity contribution in [1.82, 2.24) is 10.6 Å². The number of rotatable bonds is 8. The molecule has 1 fully saturated rings. The van der Waals surface area contributed by atoms with Crippen LogP contribution in [0.5, 0.6) is 0 Å². The van der Waals surface area contributed by atoms with E-state index in [-0.39, 0.29) is 17.9 Å². The molecule has 3 rings (SSSR count). The summed E-state index contributed by atoms with van der Waals surface area (Å²) in [5.74, 6) is -0.426. The highest BCUT2D eigenvalue weighted by molar-refractivity contribution is 5.74. The fourth-order valence-electron chi connectivity index (χ4n) is 3.71. The molecule has 7 heteroatoms. The van der Waals surface area contributed by atoms with Crippen LogP contribution < -0.4 is 10.6 Å². The molecule has 0 aliphatic carbocycles. The lowest BCUT2D eigenvalue weighted by Gasteiger charge is -2.45. The summed E-state index contributed by atoms with van der Waals surface area (Å²) in [4.78, 5) is 23.9. The fraction of sp³-hybridized carbons (Fsp3) is 0.417. The summed E-state index contributed by atoms with van der Waals surface area (Å²) in [6.45, 7) is 5.41. The SMILES string of the molecule is CC(=O)NC1C(C)OC(OCc2ccccc2)C(NC(C)=O)C1OCc1ccccc1. The Morgan fingerprint density at radius 1 is 0.806 bits per heavy atom. The standard InChI is InChI=1S/C24H30N2O5/c1-16-21(25-17(2)27)23(29-14-19-10-6-4-7-11-19)22(26-18(3)28)24(31-16)30-15-20-12-8-5-9-13-20/h4-13,16,21-24H,14-15H2,1-3H3,(H,25,27)(H,26,28). The van der Waals surface area contributed by atoms with Gasteiger partial charge in [0.05, 0.1) is 25.4 Å². The predicted molar refractivity (Wildman–Crippen MR) is 116 cm³/mol. The molecule has 2 amide bonds. The monoisotopic (exact) mass is 426 g/mol. The van der Waals surface area contributed by atoms with Crippen LogP contribution in [0.15, 0.2) is 60.7 Å². The largest absolute Gasteiger partial charge is 0.369 e. The van der Waals surface area contributed by atoms with Gasteiger partial charge in [-0.15, -0.1) is 0 Å². The molecular formula is C24H30N2O5. The van der Waals surface area contributed by atoms with E-state index in [0.29, 0.717) is 13.2 Å². The van der Waals surface area contributed by atoms with Crippen molar-refractivity contribution in [3.63, 3.8) is 0 Å². The summed E-state index contributed by atoms with van der Waals surface area (Å²) in [5.41, 5.74) is 1.98. The van der Waals surface area contributed by atoms with Gasteiger partial charge in [0.1, 0.15) is 12.1 Å². The molecule has 2 aromatic rings. The van der Waals surface area contributed by atoms with Crippen molar-refractivity contribution in [2.45, 2.75) is 64.6 Å². The third-order valence-electron chi connectivity index (χ3n) is 5.14. The molecule has 2 N–H and O–H groups in total. The van der Waals surface area contributed by atoms with Crippen molar-refractivity contribution in [1.29, 1.82) is 0 Å². The Bertz CT molecular complexity index is 846. The van der Waals surface area contributed by atoms with Gasteiger partial charge >= 0.3 is 0 Å². The smallest absolute Gasteiger partial charge is 0.217 e. The highest BCUT2D eigenvalue weighted by atomic mass is 16.7. The Kier molecular flexibility index (Phi) is 8.17. The van der Waals surface area contributed by atoms with E-state index in [9.17, 15) is 9.59 Å². The van der Waals surface area contributed by atoms with E-state index in [1.807, 2.05) is 67.6 Å². The molecule has 1 aliphatic heterocycles. The third-order valence-corrected chi connectivity index (χ3v) is 5.14. The summed E-state index contributed by atoms with van der Waals surface area (Å²) in [6, 6.07) is 18.4. The number of amides is 2. The average Bonchev–Trinajstić information content (AvgIpc) is 2.75. The van der Waals surface area contributed by atoms with Crippen LogP contribution in [0.2, 0.25) is 0 Å². The number of benzene rings is 2. The van der Waals surface area contributed by atoms with Crippen molar-refractivity contribution in [2.75, 3.05) is 0 Å². The molecule has 2 aromatic carbocycles. The summed E-state index contributed by atoms with van der Waals surface area (Å²) in [5, 5.41) is 5.83. The number of carbonyl (C=O) groups excluding carboxylic acids is 2. The van der Waals surface area contributed by atoms with Crippen LogP contribution >= 0.6 is 0 Å². The molecule has 1 aliphatic rings. The summed E-state index contributed by atoms with van der Waals surface area (Å²) < 4.78 is 18.4. The minimum absolute atomic E-state index is 0.195. The molecule has 0 spiro atoms. The summed E-state index contributed by atoms with van der Waals surface area (Å²) in [7, 11) is 0. The first-order chi connectivity index (χ1) is 14.9. The summed E-state index contributed by atoms with van der Waals surface area (Å²) >= 11 is 0. The van der Waals surface area contributed by atoms with E-state index in [1.54, 1.807) is 0 Å². The second-order valence-electron chi connectivity index (χ2n) is 7.72. The van der Waals surface area contributed by atoms with Gasteiger partial charge in [0, 0.05) is 13.8 Å². The van der Waals surface area contributed by atoms with Crippen LogP contribution in [0, 0.1) is 0 Å². The maximum Gasteiger partial charge on any atom is 0.217 e. The lowest BCUT2D eigenvalue weighted by molar-refractivity contribution is -0.249. The third kappa shape index (κ3) is 6.62.